The predicted octanol–water partition coefficient (Wildman–Crippen LogP) is 6.21. The Hall–Kier alpha value is -3.72. The van der Waals surface area contributed by atoms with Crippen LogP contribution in [0.15, 0.2) is 42.5 Å². The third kappa shape index (κ3) is 11.6. The predicted molar refractivity (Wildman–Crippen MR) is 153 cm³/mol. The Morgan fingerprint density at radius 3 is 2.16 bits per heavy atom. The largest absolute Gasteiger partial charge is 0.573 e. The van der Waals surface area contributed by atoms with Gasteiger partial charge in [0.2, 0.25) is 0 Å². The topological polar surface area (TPSA) is 92.4 Å². The van der Waals surface area contributed by atoms with E-state index in [1.54, 1.807) is 0 Å². The number of nitrogens with zero attached hydrogens (tertiary/aromatic N) is 2. The van der Waals surface area contributed by atoms with Gasteiger partial charge in [0.25, 0.3) is 0 Å². The number of hydrogen-bond acceptors (Lipinski definition) is 7. The molecule has 1 aliphatic heterocycles. The van der Waals surface area contributed by atoms with Crippen LogP contribution in [0.1, 0.15) is 48.9 Å². The molecular weight excluding hydrogens is 610 g/mol. The van der Waals surface area contributed by atoms with Gasteiger partial charge >= 0.3 is 18.8 Å². The second-order valence-electron chi connectivity index (χ2n) is 11.1. The van der Waals surface area contributed by atoms with Crippen molar-refractivity contribution in [2.45, 2.75) is 63.4 Å². The molecule has 45 heavy (non-hydrogen) atoms. The van der Waals surface area contributed by atoms with Crippen molar-refractivity contribution in [3.05, 3.63) is 48.0 Å². The Morgan fingerprint density at radius 1 is 0.867 bits per heavy atom. The van der Waals surface area contributed by atoms with Crippen molar-refractivity contribution in [3.8, 4) is 17.2 Å². The summed E-state index contributed by atoms with van der Waals surface area (Å²) in [5.41, 5.74) is 0.136. The van der Waals surface area contributed by atoms with Crippen molar-refractivity contribution in [2.24, 2.45) is 0 Å². The van der Waals surface area contributed by atoms with Crippen LogP contribution in [0.25, 0.3) is 0 Å². The first-order chi connectivity index (χ1) is 21.2. The summed E-state index contributed by atoms with van der Waals surface area (Å²) in [6, 6.07) is 7.52. The van der Waals surface area contributed by atoms with E-state index in [4.69, 9.17) is 4.74 Å². The fraction of sp³-hybridized carbons (Fsp3) is 0.533. The highest BCUT2D eigenvalue weighted by molar-refractivity contribution is 5.99. The van der Waals surface area contributed by atoms with E-state index in [0.717, 1.165) is 50.4 Å². The number of Topliss-reactive ketones (excluding diaryl/α,β-unsaturated/α-hetero) is 1. The first-order valence-electron chi connectivity index (χ1n) is 14.7. The van der Waals surface area contributed by atoms with Crippen LogP contribution < -0.4 is 24.8 Å². The van der Waals surface area contributed by atoms with E-state index in [9.17, 15) is 35.9 Å². The summed E-state index contributed by atoms with van der Waals surface area (Å²) in [5, 5.41) is 5.26. The third-order valence-corrected chi connectivity index (χ3v) is 7.59. The maximum Gasteiger partial charge on any atom is 0.573 e. The Balaban J connectivity index is 1.30. The molecule has 0 atom stereocenters. The van der Waals surface area contributed by atoms with E-state index in [1.807, 2.05) is 7.05 Å². The number of likely N-dealkylation sites (N-methyl/N-ethyl adjacent to an activating group) is 1. The molecule has 0 aromatic heterocycles. The molecule has 0 unspecified atom stereocenters. The molecule has 2 amide bonds. The summed E-state index contributed by atoms with van der Waals surface area (Å²) in [4.78, 5) is 30.1. The number of piperazine rings is 1. The van der Waals surface area contributed by atoms with Gasteiger partial charge in [0.1, 0.15) is 17.2 Å². The summed E-state index contributed by atoms with van der Waals surface area (Å²) in [5.74, 6) is -1.15. The van der Waals surface area contributed by atoms with Crippen molar-refractivity contribution in [2.75, 3.05) is 45.1 Å². The Morgan fingerprint density at radius 2 is 1.51 bits per heavy atom. The lowest BCUT2D eigenvalue weighted by atomic mass is 9.93. The zero-order valence-electron chi connectivity index (χ0n) is 24.7. The van der Waals surface area contributed by atoms with Crippen LogP contribution in [0.2, 0.25) is 0 Å². The number of alkyl halides is 6. The number of halogens is 6. The number of rotatable bonds is 11. The molecule has 4 rings (SSSR count). The molecule has 1 heterocycles. The Labute approximate surface area is 256 Å². The van der Waals surface area contributed by atoms with E-state index in [2.05, 4.69) is 29.9 Å². The lowest BCUT2D eigenvalue weighted by molar-refractivity contribution is -0.275. The van der Waals surface area contributed by atoms with Crippen molar-refractivity contribution >= 4 is 17.5 Å². The number of nitrogens with one attached hydrogen (secondary N) is 2. The zero-order chi connectivity index (χ0) is 32.6. The van der Waals surface area contributed by atoms with Crippen molar-refractivity contribution < 1.29 is 50.1 Å². The number of carbonyl (C=O) groups is 2. The minimum atomic E-state index is -4.92. The van der Waals surface area contributed by atoms with Crippen LogP contribution in [0, 0.1) is 0 Å². The fourth-order valence-electron chi connectivity index (χ4n) is 5.32. The van der Waals surface area contributed by atoms with Gasteiger partial charge in [-0.2, -0.15) is 0 Å². The number of ketones is 1. The Kier molecular flexibility index (Phi) is 11.4. The van der Waals surface area contributed by atoms with E-state index in [-0.39, 0.29) is 41.4 Å². The molecule has 1 saturated carbocycles. The molecule has 0 bridgehead atoms. The fourth-order valence-corrected chi connectivity index (χ4v) is 5.32. The minimum absolute atomic E-state index is 0.0199. The average molecular weight is 647 g/mol. The van der Waals surface area contributed by atoms with E-state index >= 15 is 0 Å². The van der Waals surface area contributed by atoms with Gasteiger partial charge in [-0.25, -0.2) is 4.79 Å². The van der Waals surface area contributed by atoms with Crippen molar-refractivity contribution in [3.63, 3.8) is 0 Å². The maximum atomic E-state index is 13.2. The third-order valence-electron chi connectivity index (χ3n) is 7.59. The summed E-state index contributed by atoms with van der Waals surface area (Å²) in [6.45, 7) is 4.33. The van der Waals surface area contributed by atoms with E-state index in [0.29, 0.717) is 38.6 Å². The van der Waals surface area contributed by atoms with E-state index < -0.39 is 30.3 Å². The van der Waals surface area contributed by atoms with Gasteiger partial charge in [0, 0.05) is 50.4 Å². The molecule has 248 valence electrons. The second-order valence-corrected chi connectivity index (χ2v) is 11.1. The first-order valence-corrected chi connectivity index (χ1v) is 14.7. The highest BCUT2D eigenvalue weighted by Crippen LogP contribution is 2.32. The number of carbonyl (C=O) groups excluding carboxylic acids is 2. The number of hydrogen-bond donors (Lipinski definition) is 2. The quantitative estimate of drug-likeness (QED) is 0.222. The second kappa shape index (κ2) is 15.0. The molecule has 2 aliphatic rings. The van der Waals surface area contributed by atoms with E-state index in [1.165, 1.54) is 18.2 Å². The molecule has 2 fully saturated rings. The summed E-state index contributed by atoms with van der Waals surface area (Å²) in [7, 11) is 2.04. The Bertz CT molecular complexity index is 1290. The molecule has 2 aromatic carbocycles. The molecular formula is C30H36F6N4O5. The molecule has 2 N–H and O–H groups in total. The minimum Gasteiger partial charge on any atom is -0.490 e. The highest BCUT2D eigenvalue weighted by atomic mass is 19.4. The zero-order valence-corrected chi connectivity index (χ0v) is 24.7. The van der Waals surface area contributed by atoms with Crippen LogP contribution in [0.3, 0.4) is 0 Å². The van der Waals surface area contributed by atoms with Crippen LogP contribution in [0.4, 0.5) is 36.8 Å². The van der Waals surface area contributed by atoms with Gasteiger partial charge in [-0.3, -0.25) is 4.79 Å². The SMILES string of the molecule is CN1CCN(CCCC(=O)c2cc(OC(F)(F)F)ccc2OC2CCC(NC(=O)Nc3cccc(OC(F)(F)F)c3)CC2)CC1. The van der Waals surface area contributed by atoms with Gasteiger partial charge in [0.05, 0.1) is 11.7 Å². The lowest BCUT2D eigenvalue weighted by Crippen LogP contribution is -2.44. The van der Waals surface area contributed by atoms with Gasteiger partial charge < -0.3 is 34.6 Å². The standard InChI is InChI=1S/C30H36F6N4O5/c1-39-14-16-40(17-15-39)13-3-6-26(41)25-19-24(45-30(34,35)36)11-12-27(25)43-22-9-7-20(8-10-22)37-28(42)38-21-4-2-5-23(18-21)44-29(31,32)33/h2,4-5,11-12,18-20,22H,3,6-10,13-17H2,1H3,(H2,37,38,42). The summed E-state index contributed by atoms with van der Waals surface area (Å²) < 4.78 is 90.1. The molecule has 1 aliphatic carbocycles. The van der Waals surface area contributed by atoms with Crippen LogP contribution in [-0.2, 0) is 0 Å². The molecule has 1 saturated heterocycles. The summed E-state index contributed by atoms with van der Waals surface area (Å²) >= 11 is 0. The first kappa shape index (κ1) is 34.2. The monoisotopic (exact) mass is 646 g/mol. The van der Waals surface area contributed by atoms with Gasteiger partial charge in [-0.05, 0) is 76.0 Å². The van der Waals surface area contributed by atoms with Crippen LogP contribution in [-0.4, -0.2) is 86.3 Å². The molecule has 9 nitrogen and oxygen atoms in total. The molecule has 2 aromatic rings. The number of anilines is 1. The van der Waals surface area contributed by atoms with Gasteiger partial charge in [-0.1, -0.05) is 6.07 Å². The molecule has 0 spiro atoms. The normalized spacial score (nSPS) is 19.9. The maximum absolute atomic E-state index is 13.2. The molecule has 15 heteroatoms. The highest BCUT2D eigenvalue weighted by Gasteiger charge is 2.33. The van der Waals surface area contributed by atoms with Crippen LogP contribution >= 0.6 is 0 Å². The van der Waals surface area contributed by atoms with Crippen molar-refractivity contribution in [1.82, 2.24) is 15.1 Å². The smallest absolute Gasteiger partial charge is 0.490 e. The number of urea groups is 1. The van der Waals surface area contributed by atoms with Crippen LogP contribution in [0.5, 0.6) is 17.2 Å². The van der Waals surface area contributed by atoms with Gasteiger partial charge in [-0.15, -0.1) is 26.3 Å². The number of amides is 2. The molecule has 0 radical (unpaired) electrons. The summed E-state index contributed by atoms with van der Waals surface area (Å²) in [6.07, 6.45) is -7.48. The average Bonchev–Trinajstić information content (AvgIpc) is 2.94. The lowest BCUT2D eigenvalue weighted by Gasteiger charge is -2.32. The number of ether oxygens (including phenoxy) is 3. The van der Waals surface area contributed by atoms with Crippen molar-refractivity contribution in [1.29, 1.82) is 0 Å². The number of benzene rings is 2. The van der Waals surface area contributed by atoms with Gasteiger partial charge in [0.15, 0.2) is 5.78 Å².